The zero-order valence-corrected chi connectivity index (χ0v) is 16.0. The number of hydrogen-bond acceptors (Lipinski definition) is 6. The second kappa shape index (κ2) is 7.67. The number of nitrogens with one attached hydrogen (secondary N) is 1. The number of ether oxygens (including phenoxy) is 2. The van der Waals surface area contributed by atoms with E-state index in [2.05, 4.69) is 21.2 Å². The maximum Gasteiger partial charge on any atom is 0.331 e. The van der Waals surface area contributed by atoms with Crippen LogP contribution in [0, 0.1) is 0 Å². The van der Waals surface area contributed by atoms with Crippen molar-refractivity contribution < 1.29 is 28.3 Å². The van der Waals surface area contributed by atoms with Gasteiger partial charge in [-0.3, -0.25) is 19.8 Å². The van der Waals surface area contributed by atoms with Gasteiger partial charge in [-0.05, 0) is 30.3 Å². The number of methoxy groups -OCH3 is 2. The Morgan fingerprint density at radius 2 is 2.00 bits per heavy atom. The summed E-state index contributed by atoms with van der Waals surface area (Å²) in [6, 6.07) is 5.82. The summed E-state index contributed by atoms with van der Waals surface area (Å²) in [6.07, 6.45) is 2.79. The molecular formula is C18H15BrN2O6. The molecule has 0 aliphatic carbocycles. The number of carbonyl (C=O) groups excluding carboxylic acids is 3. The number of halogens is 1. The van der Waals surface area contributed by atoms with E-state index in [1.165, 1.54) is 26.6 Å². The molecule has 9 heteroatoms. The molecule has 3 rings (SSSR count). The Labute approximate surface area is 162 Å². The lowest BCUT2D eigenvalue weighted by molar-refractivity contribution is -0.130. The van der Waals surface area contributed by atoms with Crippen LogP contribution in [0.2, 0.25) is 0 Å². The molecule has 1 N–H and O–H groups in total. The van der Waals surface area contributed by atoms with Crippen LogP contribution in [0.25, 0.3) is 6.08 Å². The molecule has 2 heterocycles. The van der Waals surface area contributed by atoms with E-state index in [0.29, 0.717) is 27.3 Å². The van der Waals surface area contributed by atoms with E-state index in [1.54, 1.807) is 24.3 Å². The van der Waals surface area contributed by atoms with Crippen molar-refractivity contribution in [1.82, 2.24) is 10.2 Å². The summed E-state index contributed by atoms with van der Waals surface area (Å²) in [6.45, 7) is -0.0960. The second-order valence-corrected chi connectivity index (χ2v) is 6.43. The van der Waals surface area contributed by atoms with Crippen LogP contribution in [0.1, 0.15) is 11.3 Å². The smallest absolute Gasteiger partial charge is 0.331 e. The number of barbiturate groups is 1. The van der Waals surface area contributed by atoms with Gasteiger partial charge in [0.25, 0.3) is 11.8 Å². The van der Waals surface area contributed by atoms with E-state index in [0.717, 1.165) is 4.90 Å². The lowest BCUT2D eigenvalue weighted by atomic mass is 10.1. The van der Waals surface area contributed by atoms with Crippen LogP contribution in [0.3, 0.4) is 0 Å². The normalized spacial score (nSPS) is 15.9. The van der Waals surface area contributed by atoms with Gasteiger partial charge in [-0.1, -0.05) is 15.9 Å². The molecule has 0 atom stereocenters. The van der Waals surface area contributed by atoms with Crippen molar-refractivity contribution in [2.75, 3.05) is 14.2 Å². The van der Waals surface area contributed by atoms with Crippen molar-refractivity contribution in [3.05, 3.63) is 51.9 Å². The van der Waals surface area contributed by atoms with Gasteiger partial charge >= 0.3 is 6.03 Å². The monoisotopic (exact) mass is 434 g/mol. The minimum absolute atomic E-state index is 0.0960. The summed E-state index contributed by atoms with van der Waals surface area (Å²) in [5.41, 5.74) is 0.231. The van der Waals surface area contributed by atoms with E-state index in [-0.39, 0.29) is 12.1 Å². The first kappa shape index (κ1) is 18.7. The fourth-order valence-electron chi connectivity index (χ4n) is 2.62. The molecule has 140 valence electrons. The summed E-state index contributed by atoms with van der Waals surface area (Å²) in [7, 11) is 2.92. The fourth-order valence-corrected chi connectivity index (χ4v) is 3.07. The third-order valence-corrected chi connectivity index (χ3v) is 4.31. The lowest BCUT2D eigenvalue weighted by Gasteiger charge is -2.25. The van der Waals surface area contributed by atoms with Crippen molar-refractivity contribution >= 4 is 39.9 Å². The quantitative estimate of drug-likeness (QED) is 0.573. The molecule has 1 aliphatic heterocycles. The van der Waals surface area contributed by atoms with Gasteiger partial charge in [-0.25, -0.2) is 4.79 Å². The topological polar surface area (TPSA) is 98.1 Å². The highest BCUT2D eigenvalue weighted by Crippen LogP contribution is 2.36. The maximum absolute atomic E-state index is 12.8. The molecule has 1 aromatic heterocycles. The van der Waals surface area contributed by atoms with Crippen LogP contribution in [-0.2, 0) is 16.1 Å². The predicted molar refractivity (Wildman–Crippen MR) is 98.0 cm³/mol. The molecular weight excluding hydrogens is 420 g/mol. The SMILES string of the molecule is COc1cc(Br)cc(C=C2C(=O)NC(=O)N(Cc3ccco3)C2=O)c1OC. The molecule has 1 fully saturated rings. The van der Waals surface area contributed by atoms with E-state index in [9.17, 15) is 14.4 Å². The van der Waals surface area contributed by atoms with Crippen molar-refractivity contribution in [2.24, 2.45) is 0 Å². The van der Waals surface area contributed by atoms with Crippen LogP contribution in [0.4, 0.5) is 4.79 Å². The van der Waals surface area contributed by atoms with Gasteiger partial charge in [0, 0.05) is 10.0 Å². The van der Waals surface area contributed by atoms with E-state index >= 15 is 0 Å². The Kier molecular flexibility index (Phi) is 5.31. The van der Waals surface area contributed by atoms with Crippen molar-refractivity contribution in [3.8, 4) is 11.5 Å². The van der Waals surface area contributed by atoms with Crippen LogP contribution < -0.4 is 14.8 Å². The van der Waals surface area contributed by atoms with Crippen molar-refractivity contribution in [2.45, 2.75) is 6.54 Å². The third-order valence-electron chi connectivity index (χ3n) is 3.85. The highest BCUT2D eigenvalue weighted by molar-refractivity contribution is 9.10. The van der Waals surface area contributed by atoms with Gasteiger partial charge in [0.15, 0.2) is 11.5 Å². The molecule has 0 spiro atoms. The Morgan fingerprint density at radius 3 is 2.63 bits per heavy atom. The summed E-state index contributed by atoms with van der Waals surface area (Å²) in [5, 5.41) is 2.16. The van der Waals surface area contributed by atoms with Gasteiger partial charge in [-0.2, -0.15) is 0 Å². The minimum Gasteiger partial charge on any atom is -0.493 e. The number of benzene rings is 1. The second-order valence-electron chi connectivity index (χ2n) is 5.52. The maximum atomic E-state index is 12.8. The molecule has 0 saturated carbocycles. The first-order chi connectivity index (χ1) is 12.9. The zero-order chi connectivity index (χ0) is 19.6. The first-order valence-electron chi connectivity index (χ1n) is 7.77. The summed E-state index contributed by atoms with van der Waals surface area (Å²) in [5.74, 6) is -0.342. The average molecular weight is 435 g/mol. The highest BCUT2D eigenvalue weighted by Gasteiger charge is 2.36. The first-order valence-corrected chi connectivity index (χ1v) is 8.56. The Hall–Kier alpha value is -3.07. The third kappa shape index (κ3) is 3.72. The van der Waals surface area contributed by atoms with Crippen molar-refractivity contribution in [3.63, 3.8) is 0 Å². The van der Waals surface area contributed by atoms with Gasteiger partial charge in [-0.15, -0.1) is 0 Å². The molecule has 1 saturated heterocycles. The largest absolute Gasteiger partial charge is 0.493 e. The summed E-state index contributed by atoms with van der Waals surface area (Å²) >= 11 is 3.35. The Balaban J connectivity index is 2.02. The highest BCUT2D eigenvalue weighted by atomic mass is 79.9. The van der Waals surface area contributed by atoms with Gasteiger partial charge in [0.05, 0.1) is 27.0 Å². The number of carbonyl (C=O) groups is 3. The van der Waals surface area contributed by atoms with Gasteiger partial charge in [0.1, 0.15) is 11.3 Å². The predicted octanol–water partition coefficient (Wildman–Crippen LogP) is 2.72. The van der Waals surface area contributed by atoms with E-state index in [4.69, 9.17) is 13.9 Å². The Bertz CT molecular complexity index is 936. The van der Waals surface area contributed by atoms with Crippen LogP contribution in [0.5, 0.6) is 11.5 Å². The molecule has 0 bridgehead atoms. The van der Waals surface area contributed by atoms with Gasteiger partial charge < -0.3 is 13.9 Å². The molecule has 27 heavy (non-hydrogen) atoms. The molecule has 0 unspecified atom stereocenters. The number of urea groups is 1. The molecule has 2 aromatic rings. The number of imide groups is 2. The summed E-state index contributed by atoms with van der Waals surface area (Å²) in [4.78, 5) is 38.0. The minimum atomic E-state index is -0.808. The van der Waals surface area contributed by atoms with E-state index < -0.39 is 17.8 Å². The molecule has 1 aromatic carbocycles. The molecule has 4 amide bonds. The zero-order valence-electron chi connectivity index (χ0n) is 14.4. The number of furan rings is 1. The van der Waals surface area contributed by atoms with E-state index in [1.807, 2.05) is 0 Å². The van der Waals surface area contributed by atoms with Gasteiger partial charge in [0.2, 0.25) is 0 Å². The van der Waals surface area contributed by atoms with Crippen LogP contribution >= 0.6 is 15.9 Å². The fraction of sp³-hybridized carbons (Fsp3) is 0.167. The number of rotatable bonds is 5. The van der Waals surface area contributed by atoms with Crippen molar-refractivity contribution in [1.29, 1.82) is 0 Å². The molecule has 8 nitrogen and oxygen atoms in total. The van der Waals surface area contributed by atoms with Crippen LogP contribution in [-0.4, -0.2) is 37.0 Å². The number of amides is 4. The molecule has 0 radical (unpaired) electrons. The van der Waals surface area contributed by atoms with Crippen LogP contribution in [0.15, 0.2) is 45.0 Å². The summed E-state index contributed by atoms with van der Waals surface area (Å²) < 4.78 is 16.4. The molecule has 1 aliphatic rings. The average Bonchev–Trinajstić information content (AvgIpc) is 3.14. The number of nitrogens with zero attached hydrogens (tertiary/aromatic N) is 1. The standard InChI is InChI=1S/C18H15BrN2O6/c1-25-14-8-11(19)6-10(15(14)26-2)7-13-16(22)20-18(24)21(17(13)23)9-12-4-3-5-27-12/h3-8H,9H2,1-2H3,(H,20,22,24). The Morgan fingerprint density at radius 1 is 1.22 bits per heavy atom. The number of hydrogen-bond donors (Lipinski definition) is 1. The lowest BCUT2D eigenvalue weighted by Crippen LogP contribution is -2.53.